The summed E-state index contributed by atoms with van der Waals surface area (Å²) >= 11 is 0. The van der Waals surface area contributed by atoms with Gasteiger partial charge in [0, 0.05) is 40.5 Å². The number of carbonyl (C=O) groups excluding carboxylic acids is 1. The summed E-state index contributed by atoms with van der Waals surface area (Å²) in [5.74, 6) is -2.78. The van der Waals surface area contributed by atoms with Crippen LogP contribution in [0.3, 0.4) is 0 Å². The minimum Gasteiger partial charge on any atom is -0.481 e. The molecule has 3 aromatic rings. The van der Waals surface area contributed by atoms with Gasteiger partial charge in [-0.2, -0.15) is 0 Å². The zero-order chi connectivity index (χ0) is 22.0. The van der Waals surface area contributed by atoms with Gasteiger partial charge in [-0.15, -0.1) is 0 Å². The van der Waals surface area contributed by atoms with Gasteiger partial charge < -0.3 is 20.5 Å². The van der Waals surface area contributed by atoms with Gasteiger partial charge >= 0.3 is 11.9 Å². The third-order valence-electron chi connectivity index (χ3n) is 5.70. The highest BCUT2D eigenvalue weighted by molar-refractivity contribution is 6.05. The normalized spacial score (nSPS) is 17.9. The molecule has 1 amide bonds. The number of carbonyl (C=O) groups is 3. The van der Waals surface area contributed by atoms with Crippen LogP contribution in [-0.2, 0) is 9.59 Å². The Morgan fingerprint density at radius 1 is 1.10 bits per heavy atom. The number of hydrogen-bond acceptors (Lipinski definition) is 4. The van der Waals surface area contributed by atoms with Crippen molar-refractivity contribution in [2.45, 2.75) is 18.9 Å². The second kappa shape index (κ2) is 8.61. The highest BCUT2D eigenvalue weighted by Gasteiger charge is 2.35. The van der Waals surface area contributed by atoms with Crippen LogP contribution in [-0.4, -0.2) is 51.0 Å². The maximum atomic E-state index is 12.5. The van der Waals surface area contributed by atoms with Gasteiger partial charge in [-0.1, -0.05) is 18.2 Å². The molecule has 2 atom stereocenters. The van der Waals surface area contributed by atoms with Crippen LogP contribution in [0.4, 0.5) is 5.69 Å². The topological polar surface area (TPSA) is 123 Å². The molecule has 0 saturated carbocycles. The van der Waals surface area contributed by atoms with E-state index >= 15 is 0 Å². The van der Waals surface area contributed by atoms with Gasteiger partial charge in [-0.05, 0) is 49.7 Å². The van der Waals surface area contributed by atoms with E-state index in [2.05, 4.69) is 10.3 Å². The Balaban J connectivity index is 1.64. The standard InChI is InChI=1S/C23H23N3O5/c27-21(14-5-2-1-3-6-14)25-16-8-9-19-17(11-16)18(12-24-19)20(23(30)31)26-10-4-7-15(13-26)22(28)29/h1-3,5-6,8-9,11-12,15,20,24H,4,7,10,13H2,(H,25,27)(H,28,29)(H,30,31)/t15-,20+/m1/s1. The number of aromatic nitrogens is 1. The number of likely N-dealkylation sites (tertiary alicyclic amines) is 1. The molecule has 2 heterocycles. The summed E-state index contributed by atoms with van der Waals surface area (Å²) < 4.78 is 0. The Bertz CT molecular complexity index is 1120. The van der Waals surface area contributed by atoms with Crippen LogP contribution < -0.4 is 5.32 Å². The summed E-state index contributed by atoms with van der Waals surface area (Å²) in [4.78, 5) is 40.9. The number of benzene rings is 2. The van der Waals surface area contributed by atoms with E-state index in [-0.39, 0.29) is 12.5 Å². The highest BCUT2D eigenvalue weighted by atomic mass is 16.4. The Kier molecular flexibility index (Phi) is 5.73. The highest BCUT2D eigenvalue weighted by Crippen LogP contribution is 2.33. The lowest BCUT2D eigenvalue weighted by Crippen LogP contribution is -2.43. The molecule has 8 nitrogen and oxygen atoms in total. The van der Waals surface area contributed by atoms with E-state index in [4.69, 9.17) is 0 Å². The van der Waals surface area contributed by atoms with Gasteiger partial charge in [0.25, 0.3) is 5.91 Å². The smallest absolute Gasteiger partial charge is 0.325 e. The monoisotopic (exact) mass is 421 g/mol. The van der Waals surface area contributed by atoms with Gasteiger partial charge in [0.05, 0.1) is 5.92 Å². The lowest BCUT2D eigenvalue weighted by molar-refractivity contribution is -0.149. The molecule has 160 valence electrons. The second-order valence-corrected chi connectivity index (χ2v) is 7.74. The van der Waals surface area contributed by atoms with Crippen molar-refractivity contribution < 1.29 is 24.6 Å². The predicted molar refractivity (Wildman–Crippen MR) is 115 cm³/mol. The largest absolute Gasteiger partial charge is 0.481 e. The zero-order valence-corrected chi connectivity index (χ0v) is 16.7. The second-order valence-electron chi connectivity index (χ2n) is 7.74. The quantitative estimate of drug-likeness (QED) is 0.484. The fourth-order valence-corrected chi connectivity index (χ4v) is 4.17. The van der Waals surface area contributed by atoms with Crippen molar-refractivity contribution in [3.8, 4) is 0 Å². The van der Waals surface area contributed by atoms with Crippen LogP contribution >= 0.6 is 0 Å². The number of nitrogens with zero attached hydrogens (tertiary/aromatic N) is 1. The summed E-state index contributed by atoms with van der Waals surface area (Å²) in [6.07, 6.45) is 2.82. The molecule has 31 heavy (non-hydrogen) atoms. The number of anilines is 1. The van der Waals surface area contributed by atoms with E-state index in [1.54, 1.807) is 53.6 Å². The summed E-state index contributed by atoms with van der Waals surface area (Å²) in [6.45, 7) is 0.696. The number of carboxylic acid groups (broad SMARTS) is 2. The number of piperidine rings is 1. The van der Waals surface area contributed by atoms with Crippen molar-refractivity contribution in [2.75, 3.05) is 18.4 Å². The van der Waals surface area contributed by atoms with Crippen LogP contribution in [0.15, 0.2) is 54.7 Å². The molecule has 4 rings (SSSR count). The van der Waals surface area contributed by atoms with Crippen molar-refractivity contribution in [3.63, 3.8) is 0 Å². The third kappa shape index (κ3) is 4.29. The molecule has 0 bridgehead atoms. The van der Waals surface area contributed by atoms with Crippen LogP contribution in [0.2, 0.25) is 0 Å². The van der Waals surface area contributed by atoms with Crippen LogP contribution in [0, 0.1) is 5.92 Å². The van der Waals surface area contributed by atoms with Crippen molar-refractivity contribution in [1.82, 2.24) is 9.88 Å². The number of aliphatic carboxylic acids is 2. The Hall–Kier alpha value is -3.65. The van der Waals surface area contributed by atoms with Crippen LogP contribution in [0.5, 0.6) is 0 Å². The summed E-state index contributed by atoms with van der Waals surface area (Å²) in [7, 11) is 0. The van der Waals surface area contributed by atoms with E-state index in [1.165, 1.54) is 0 Å². The molecule has 1 aromatic heterocycles. The van der Waals surface area contributed by atoms with Gasteiger partial charge in [0.2, 0.25) is 0 Å². The molecule has 0 unspecified atom stereocenters. The molecule has 0 spiro atoms. The number of rotatable bonds is 6. The van der Waals surface area contributed by atoms with Crippen molar-refractivity contribution in [2.24, 2.45) is 5.92 Å². The average molecular weight is 421 g/mol. The molecule has 1 fully saturated rings. The van der Waals surface area contributed by atoms with Crippen molar-refractivity contribution in [1.29, 1.82) is 0 Å². The first-order chi connectivity index (χ1) is 14.9. The van der Waals surface area contributed by atoms with Crippen molar-refractivity contribution in [3.05, 3.63) is 65.9 Å². The van der Waals surface area contributed by atoms with E-state index in [0.717, 1.165) is 5.52 Å². The molecule has 1 aliphatic rings. The molecule has 1 aliphatic heterocycles. The molecule has 1 saturated heterocycles. The molecule has 2 aromatic carbocycles. The molecule has 0 aliphatic carbocycles. The van der Waals surface area contributed by atoms with Gasteiger partial charge in [-0.25, -0.2) is 0 Å². The Morgan fingerprint density at radius 3 is 2.58 bits per heavy atom. The number of carboxylic acids is 2. The number of amides is 1. The van der Waals surface area contributed by atoms with Crippen LogP contribution in [0.25, 0.3) is 10.9 Å². The number of aromatic amines is 1. The van der Waals surface area contributed by atoms with E-state index in [9.17, 15) is 24.6 Å². The van der Waals surface area contributed by atoms with E-state index < -0.39 is 23.9 Å². The minimum atomic E-state index is -1.04. The number of nitrogens with one attached hydrogen (secondary N) is 2. The van der Waals surface area contributed by atoms with E-state index in [1.807, 2.05) is 6.07 Å². The van der Waals surface area contributed by atoms with E-state index in [0.29, 0.717) is 41.6 Å². The Morgan fingerprint density at radius 2 is 1.87 bits per heavy atom. The maximum absolute atomic E-state index is 12.5. The SMILES string of the molecule is O=C(Nc1ccc2[nH]cc([C@@H](C(=O)O)N3CCC[C@@H](C(=O)O)C3)c2c1)c1ccccc1. The van der Waals surface area contributed by atoms with Crippen LogP contribution in [0.1, 0.15) is 34.8 Å². The first kappa shape index (κ1) is 20.6. The number of hydrogen-bond donors (Lipinski definition) is 4. The third-order valence-corrected chi connectivity index (χ3v) is 5.70. The molecule has 4 N–H and O–H groups in total. The molecular formula is C23H23N3O5. The molecule has 0 radical (unpaired) electrons. The summed E-state index contributed by atoms with van der Waals surface area (Å²) in [6, 6.07) is 13.1. The summed E-state index contributed by atoms with van der Waals surface area (Å²) in [5, 5.41) is 22.9. The maximum Gasteiger partial charge on any atom is 0.325 e. The average Bonchev–Trinajstić information content (AvgIpc) is 3.17. The number of H-pyrrole nitrogens is 1. The lowest BCUT2D eigenvalue weighted by Gasteiger charge is -2.34. The molecule has 8 heteroatoms. The summed E-state index contributed by atoms with van der Waals surface area (Å²) in [5.41, 5.74) is 2.36. The van der Waals surface area contributed by atoms with Crippen molar-refractivity contribution >= 4 is 34.4 Å². The fraction of sp³-hybridized carbons (Fsp3) is 0.261. The fourth-order valence-electron chi connectivity index (χ4n) is 4.17. The lowest BCUT2D eigenvalue weighted by atomic mass is 9.94. The van der Waals surface area contributed by atoms with Gasteiger partial charge in [0.15, 0.2) is 0 Å². The zero-order valence-electron chi connectivity index (χ0n) is 16.7. The van der Waals surface area contributed by atoms with Gasteiger partial charge in [-0.3, -0.25) is 19.3 Å². The number of fused-ring (bicyclic) bond motifs is 1. The first-order valence-electron chi connectivity index (χ1n) is 10.1. The Labute approximate surface area is 178 Å². The predicted octanol–water partition coefficient (Wildman–Crippen LogP) is 3.34. The van der Waals surface area contributed by atoms with Gasteiger partial charge in [0.1, 0.15) is 6.04 Å². The molecular weight excluding hydrogens is 398 g/mol. The first-order valence-corrected chi connectivity index (χ1v) is 10.1. The minimum absolute atomic E-state index is 0.184.